The Hall–Kier alpha value is -1.45. The molecule has 80 valence electrons. The van der Waals surface area contributed by atoms with Crippen molar-refractivity contribution in [3.05, 3.63) is 29.8 Å². The smallest absolute Gasteiger partial charge is 0.387 e. The zero-order valence-corrected chi connectivity index (χ0v) is 7.95. The van der Waals surface area contributed by atoms with E-state index in [1.165, 1.54) is 12.1 Å². The van der Waals surface area contributed by atoms with Crippen LogP contribution in [0.5, 0.6) is 5.75 Å². The van der Waals surface area contributed by atoms with E-state index in [9.17, 15) is 13.6 Å². The van der Waals surface area contributed by atoms with Crippen molar-refractivity contribution >= 4 is 5.78 Å². The van der Waals surface area contributed by atoms with E-state index in [1.807, 2.05) is 0 Å². The molecule has 0 amide bonds. The molecule has 0 aliphatic heterocycles. The van der Waals surface area contributed by atoms with E-state index in [4.69, 9.17) is 0 Å². The summed E-state index contributed by atoms with van der Waals surface area (Å²) >= 11 is 0. The van der Waals surface area contributed by atoms with Gasteiger partial charge in [0.2, 0.25) is 0 Å². The molecule has 1 aromatic carbocycles. The summed E-state index contributed by atoms with van der Waals surface area (Å²) in [7, 11) is 0. The highest BCUT2D eigenvalue weighted by atomic mass is 19.3. The predicted octanol–water partition coefficient (Wildman–Crippen LogP) is 2.73. The summed E-state index contributed by atoms with van der Waals surface area (Å²) in [5.41, 5.74) is 0.882. The average molecular weight is 212 g/mol. The number of carbonyl (C=O) groups is 1. The van der Waals surface area contributed by atoms with Gasteiger partial charge >= 0.3 is 6.61 Å². The first-order valence-electron chi connectivity index (χ1n) is 4.74. The Kier molecular flexibility index (Phi) is 2.66. The Balaban J connectivity index is 2.07. The highest BCUT2D eigenvalue weighted by Crippen LogP contribution is 2.33. The van der Waals surface area contributed by atoms with Crippen LogP contribution in [0.2, 0.25) is 0 Å². The number of rotatable bonds is 3. The molecule has 0 bridgehead atoms. The maximum Gasteiger partial charge on any atom is 0.387 e. The van der Waals surface area contributed by atoms with E-state index in [1.54, 1.807) is 12.1 Å². The number of ketones is 1. The molecule has 2 nitrogen and oxygen atoms in total. The molecular formula is C11H10F2O2. The molecule has 15 heavy (non-hydrogen) atoms. The predicted molar refractivity (Wildman–Crippen MR) is 50.1 cm³/mol. The molecule has 1 saturated carbocycles. The number of Topliss-reactive ketones (excluding diaryl/α,β-unsaturated/α-hetero) is 1. The molecule has 0 spiro atoms. The van der Waals surface area contributed by atoms with E-state index >= 15 is 0 Å². The summed E-state index contributed by atoms with van der Waals surface area (Å²) in [4.78, 5) is 11.1. The SMILES string of the molecule is O=C1CC[C@H]1c1ccc(OC(F)F)cc1. The molecule has 0 saturated heterocycles. The van der Waals surface area contributed by atoms with Crippen LogP contribution < -0.4 is 4.74 Å². The van der Waals surface area contributed by atoms with E-state index in [-0.39, 0.29) is 17.5 Å². The van der Waals surface area contributed by atoms with Crippen molar-refractivity contribution < 1.29 is 18.3 Å². The van der Waals surface area contributed by atoms with Gasteiger partial charge in [0.15, 0.2) is 0 Å². The Morgan fingerprint density at radius 2 is 1.93 bits per heavy atom. The number of carbonyl (C=O) groups excluding carboxylic acids is 1. The molecule has 0 unspecified atom stereocenters. The quantitative estimate of drug-likeness (QED) is 0.770. The van der Waals surface area contributed by atoms with Gasteiger partial charge in [-0.15, -0.1) is 0 Å². The van der Waals surface area contributed by atoms with Crippen molar-refractivity contribution in [3.8, 4) is 5.75 Å². The van der Waals surface area contributed by atoms with Crippen LogP contribution in [0.1, 0.15) is 24.3 Å². The Labute approximate surface area is 85.9 Å². The number of alkyl halides is 2. The summed E-state index contributed by atoms with van der Waals surface area (Å²) in [5, 5.41) is 0. The van der Waals surface area contributed by atoms with Crippen molar-refractivity contribution in [1.29, 1.82) is 0 Å². The first-order chi connectivity index (χ1) is 7.16. The minimum Gasteiger partial charge on any atom is -0.435 e. The van der Waals surface area contributed by atoms with Gasteiger partial charge in [-0.25, -0.2) is 0 Å². The van der Waals surface area contributed by atoms with Crippen molar-refractivity contribution in [3.63, 3.8) is 0 Å². The number of benzene rings is 1. The molecule has 1 aromatic rings. The molecule has 1 fully saturated rings. The third kappa shape index (κ3) is 2.14. The Bertz CT molecular complexity index is 359. The van der Waals surface area contributed by atoms with Crippen LogP contribution in [-0.4, -0.2) is 12.4 Å². The van der Waals surface area contributed by atoms with Gasteiger partial charge in [0.1, 0.15) is 11.5 Å². The number of hydrogen-bond donors (Lipinski definition) is 0. The fraction of sp³-hybridized carbons (Fsp3) is 0.364. The lowest BCUT2D eigenvalue weighted by molar-refractivity contribution is -0.125. The minimum absolute atomic E-state index is 0.0365. The van der Waals surface area contributed by atoms with E-state index in [0.29, 0.717) is 6.42 Å². The van der Waals surface area contributed by atoms with Crippen LogP contribution in [0, 0.1) is 0 Å². The Morgan fingerprint density at radius 1 is 1.27 bits per heavy atom. The zero-order chi connectivity index (χ0) is 10.8. The van der Waals surface area contributed by atoms with E-state index in [2.05, 4.69) is 4.74 Å². The second-order valence-corrected chi connectivity index (χ2v) is 3.51. The largest absolute Gasteiger partial charge is 0.435 e. The maximum absolute atomic E-state index is 11.8. The van der Waals surface area contributed by atoms with Crippen LogP contribution in [-0.2, 0) is 4.79 Å². The Morgan fingerprint density at radius 3 is 2.33 bits per heavy atom. The lowest BCUT2D eigenvalue weighted by atomic mass is 9.79. The zero-order valence-electron chi connectivity index (χ0n) is 7.95. The van der Waals surface area contributed by atoms with Crippen molar-refractivity contribution in [2.75, 3.05) is 0 Å². The highest BCUT2D eigenvalue weighted by Gasteiger charge is 2.29. The number of hydrogen-bond acceptors (Lipinski definition) is 2. The topological polar surface area (TPSA) is 26.3 Å². The molecule has 0 heterocycles. The lowest BCUT2D eigenvalue weighted by Crippen LogP contribution is -2.22. The highest BCUT2D eigenvalue weighted by molar-refractivity contribution is 5.91. The van der Waals surface area contributed by atoms with Gasteiger partial charge in [0, 0.05) is 12.3 Å². The van der Waals surface area contributed by atoms with Crippen molar-refractivity contribution in [2.24, 2.45) is 0 Å². The fourth-order valence-electron chi connectivity index (χ4n) is 1.64. The average Bonchev–Trinajstić information content (AvgIpc) is 2.18. The van der Waals surface area contributed by atoms with Gasteiger partial charge in [-0.05, 0) is 24.1 Å². The maximum atomic E-state index is 11.8. The summed E-state index contributed by atoms with van der Waals surface area (Å²) < 4.78 is 27.9. The lowest BCUT2D eigenvalue weighted by Gasteiger charge is -2.24. The van der Waals surface area contributed by atoms with Gasteiger partial charge in [-0.3, -0.25) is 4.79 Å². The molecule has 1 aliphatic rings. The summed E-state index contributed by atoms with van der Waals surface area (Å²) in [6, 6.07) is 6.26. The molecule has 2 rings (SSSR count). The molecule has 1 aliphatic carbocycles. The van der Waals surface area contributed by atoms with Crippen LogP contribution in [0.25, 0.3) is 0 Å². The standard InChI is InChI=1S/C11H10F2O2/c12-11(13)15-8-3-1-7(2-4-8)9-5-6-10(9)14/h1-4,9,11H,5-6H2/t9-/m0/s1. The van der Waals surface area contributed by atoms with Crippen molar-refractivity contribution in [2.45, 2.75) is 25.4 Å². The van der Waals surface area contributed by atoms with Gasteiger partial charge in [0.05, 0.1) is 0 Å². The van der Waals surface area contributed by atoms with Gasteiger partial charge in [0.25, 0.3) is 0 Å². The summed E-state index contributed by atoms with van der Waals surface area (Å²) in [5.74, 6) is 0.309. The molecule has 0 aromatic heterocycles. The second-order valence-electron chi connectivity index (χ2n) is 3.51. The van der Waals surface area contributed by atoms with Crippen LogP contribution in [0.4, 0.5) is 8.78 Å². The second kappa shape index (κ2) is 3.96. The van der Waals surface area contributed by atoms with Crippen LogP contribution >= 0.6 is 0 Å². The molecule has 1 atom stereocenters. The number of halogens is 2. The summed E-state index contributed by atoms with van der Waals surface area (Å²) in [6.07, 6.45) is 1.48. The molecular weight excluding hydrogens is 202 g/mol. The molecule has 0 N–H and O–H groups in total. The minimum atomic E-state index is -2.80. The molecule has 4 heteroatoms. The summed E-state index contributed by atoms with van der Waals surface area (Å²) in [6.45, 7) is -2.80. The van der Waals surface area contributed by atoms with Gasteiger partial charge < -0.3 is 4.74 Å². The van der Waals surface area contributed by atoms with Crippen LogP contribution in [0.3, 0.4) is 0 Å². The first kappa shape index (κ1) is 10.1. The third-order valence-electron chi connectivity index (χ3n) is 2.58. The van der Waals surface area contributed by atoms with Gasteiger partial charge in [-0.2, -0.15) is 8.78 Å². The van der Waals surface area contributed by atoms with Gasteiger partial charge in [-0.1, -0.05) is 12.1 Å². The van der Waals surface area contributed by atoms with E-state index < -0.39 is 6.61 Å². The third-order valence-corrected chi connectivity index (χ3v) is 2.58. The van der Waals surface area contributed by atoms with Crippen molar-refractivity contribution in [1.82, 2.24) is 0 Å². The van der Waals surface area contributed by atoms with E-state index in [0.717, 1.165) is 12.0 Å². The monoisotopic (exact) mass is 212 g/mol. The van der Waals surface area contributed by atoms with Crippen LogP contribution in [0.15, 0.2) is 24.3 Å². The fourth-order valence-corrected chi connectivity index (χ4v) is 1.64. The molecule has 0 radical (unpaired) electrons. The first-order valence-corrected chi connectivity index (χ1v) is 4.74. The normalized spacial score (nSPS) is 20.2. The number of ether oxygens (including phenoxy) is 1.